The number of aliphatic carboxylic acids is 1. The first-order chi connectivity index (χ1) is 13.6. The second kappa shape index (κ2) is 9.51. The molecular weight excluding hydrogens is 352 g/mol. The molecule has 3 rings (SSSR count). The molecule has 0 saturated carbocycles. The van der Waals surface area contributed by atoms with Gasteiger partial charge in [0.1, 0.15) is 0 Å². The predicted octanol–water partition coefficient (Wildman–Crippen LogP) is 3.22. The molecule has 28 heavy (non-hydrogen) atoms. The van der Waals surface area contributed by atoms with Gasteiger partial charge in [-0.15, -0.1) is 0 Å². The van der Waals surface area contributed by atoms with Crippen LogP contribution in [0.2, 0.25) is 0 Å². The molecule has 2 aromatic carbocycles. The minimum Gasteiger partial charge on any atom is -0.480 e. The van der Waals surface area contributed by atoms with E-state index in [1.807, 2.05) is 77.5 Å². The lowest BCUT2D eigenvalue weighted by Crippen LogP contribution is -2.39. The number of carbonyl (C=O) groups excluding carboxylic acids is 1. The number of carboxylic acids is 1. The molecule has 1 N–H and O–H groups in total. The highest BCUT2D eigenvalue weighted by Gasteiger charge is 2.30. The lowest BCUT2D eigenvalue weighted by atomic mass is 9.90. The summed E-state index contributed by atoms with van der Waals surface area (Å²) in [5.41, 5.74) is 2.00. The van der Waals surface area contributed by atoms with Gasteiger partial charge in [-0.3, -0.25) is 14.5 Å². The Morgan fingerprint density at radius 1 is 1.00 bits per heavy atom. The van der Waals surface area contributed by atoms with Crippen molar-refractivity contribution in [3.8, 4) is 0 Å². The van der Waals surface area contributed by atoms with Gasteiger partial charge in [0.25, 0.3) is 0 Å². The number of amides is 1. The molecule has 0 aromatic heterocycles. The smallest absolute Gasteiger partial charge is 0.317 e. The Hall–Kier alpha value is -2.66. The Labute approximate surface area is 166 Å². The third-order valence-electron chi connectivity index (χ3n) is 5.53. The molecule has 2 aromatic rings. The third kappa shape index (κ3) is 4.98. The third-order valence-corrected chi connectivity index (χ3v) is 5.53. The topological polar surface area (TPSA) is 60.9 Å². The van der Waals surface area contributed by atoms with E-state index in [2.05, 4.69) is 0 Å². The van der Waals surface area contributed by atoms with Crippen molar-refractivity contribution in [1.29, 1.82) is 0 Å². The molecule has 1 aliphatic heterocycles. The van der Waals surface area contributed by atoms with Gasteiger partial charge in [-0.2, -0.15) is 0 Å². The van der Waals surface area contributed by atoms with Crippen LogP contribution < -0.4 is 0 Å². The van der Waals surface area contributed by atoms with Crippen LogP contribution in [0.4, 0.5) is 0 Å². The van der Waals surface area contributed by atoms with Crippen LogP contribution >= 0.6 is 0 Å². The van der Waals surface area contributed by atoms with Crippen molar-refractivity contribution in [2.75, 3.05) is 26.7 Å². The summed E-state index contributed by atoms with van der Waals surface area (Å²) >= 11 is 0. The fourth-order valence-electron chi connectivity index (χ4n) is 4.03. The SMILES string of the molecule is CN(CC(=O)O)C1CCCN(C(=O)C(c2ccccc2)c2ccccc2)CC1. The highest BCUT2D eigenvalue weighted by molar-refractivity contribution is 5.87. The fourth-order valence-corrected chi connectivity index (χ4v) is 4.03. The van der Waals surface area contributed by atoms with E-state index in [9.17, 15) is 9.59 Å². The van der Waals surface area contributed by atoms with Gasteiger partial charge in [0, 0.05) is 19.1 Å². The van der Waals surface area contributed by atoms with Crippen LogP contribution in [-0.4, -0.2) is 59.5 Å². The standard InChI is InChI=1S/C23H28N2O3/c1-24(17-21(26)27)20-13-8-15-25(16-14-20)23(28)22(18-9-4-2-5-10-18)19-11-6-3-7-12-19/h2-7,9-12,20,22H,8,13-17H2,1H3,(H,26,27). The average Bonchev–Trinajstić information content (AvgIpc) is 2.96. The minimum atomic E-state index is -0.812. The van der Waals surface area contributed by atoms with Gasteiger partial charge in [0.15, 0.2) is 0 Å². The fraction of sp³-hybridized carbons (Fsp3) is 0.391. The van der Waals surface area contributed by atoms with Crippen LogP contribution in [0.1, 0.15) is 36.3 Å². The lowest BCUT2D eigenvalue weighted by Gasteiger charge is -2.28. The van der Waals surface area contributed by atoms with E-state index in [0.29, 0.717) is 13.1 Å². The summed E-state index contributed by atoms with van der Waals surface area (Å²) in [6, 6.07) is 20.0. The second-order valence-electron chi connectivity index (χ2n) is 7.47. The van der Waals surface area contributed by atoms with E-state index in [-0.39, 0.29) is 24.4 Å². The molecule has 1 aliphatic rings. The number of likely N-dealkylation sites (tertiary alicyclic amines) is 1. The Morgan fingerprint density at radius 2 is 1.57 bits per heavy atom. The van der Waals surface area contributed by atoms with Crippen LogP contribution in [0.3, 0.4) is 0 Å². The van der Waals surface area contributed by atoms with Crippen molar-refractivity contribution in [2.45, 2.75) is 31.2 Å². The van der Waals surface area contributed by atoms with Crippen molar-refractivity contribution in [2.24, 2.45) is 0 Å². The van der Waals surface area contributed by atoms with Crippen LogP contribution in [-0.2, 0) is 9.59 Å². The van der Waals surface area contributed by atoms with Crippen molar-refractivity contribution < 1.29 is 14.7 Å². The van der Waals surface area contributed by atoms with Gasteiger partial charge in [-0.1, -0.05) is 60.7 Å². The molecular formula is C23H28N2O3. The van der Waals surface area contributed by atoms with Gasteiger partial charge in [-0.25, -0.2) is 0 Å². The Balaban J connectivity index is 1.77. The summed E-state index contributed by atoms with van der Waals surface area (Å²) in [6.45, 7) is 1.41. The average molecular weight is 380 g/mol. The van der Waals surface area contributed by atoms with Crippen molar-refractivity contribution >= 4 is 11.9 Å². The molecule has 1 amide bonds. The van der Waals surface area contributed by atoms with Crippen molar-refractivity contribution in [3.05, 3.63) is 71.8 Å². The highest BCUT2D eigenvalue weighted by Crippen LogP contribution is 2.28. The normalized spacial score (nSPS) is 17.5. The van der Waals surface area contributed by atoms with Crippen LogP contribution in [0.25, 0.3) is 0 Å². The molecule has 0 aliphatic carbocycles. The molecule has 0 bridgehead atoms. The van der Waals surface area contributed by atoms with Crippen LogP contribution in [0.5, 0.6) is 0 Å². The highest BCUT2D eigenvalue weighted by atomic mass is 16.4. The van der Waals surface area contributed by atoms with E-state index < -0.39 is 5.97 Å². The van der Waals surface area contributed by atoms with Gasteiger partial charge >= 0.3 is 5.97 Å². The summed E-state index contributed by atoms with van der Waals surface area (Å²) < 4.78 is 0. The number of nitrogens with zero attached hydrogens (tertiary/aromatic N) is 2. The van der Waals surface area contributed by atoms with Gasteiger partial charge < -0.3 is 10.0 Å². The first-order valence-electron chi connectivity index (χ1n) is 9.87. The summed E-state index contributed by atoms with van der Waals surface area (Å²) in [5.74, 6) is -0.998. The van der Waals surface area contributed by atoms with Crippen LogP contribution in [0, 0.1) is 0 Å². The van der Waals surface area contributed by atoms with E-state index in [4.69, 9.17) is 5.11 Å². The van der Waals surface area contributed by atoms with Crippen LogP contribution in [0.15, 0.2) is 60.7 Å². The number of likely N-dealkylation sites (N-methyl/N-ethyl adjacent to an activating group) is 1. The molecule has 1 atom stereocenters. The molecule has 1 unspecified atom stereocenters. The lowest BCUT2D eigenvalue weighted by molar-refractivity contribution is -0.138. The minimum absolute atomic E-state index is 0.0370. The molecule has 0 spiro atoms. The maximum absolute atomic E-state index is 13.5. The zero-order valence-electron chi connectivity index (χ0n) is 16.3. The maximum atomic E-state index is 13.5. The van der Waals surface area contributed by atoms with E-state index in [1.165, 1.54) is 0 Å². The Kier molecular flexibility index (Phi) is 6.82. The van der Waals surface area contributed by atoms with Crippen molar-refractivity contribution in [3.63, 3.8) is 0 Å². The molecule has 1 fully saturated rings. The zero-order chi connectivity index (χ0) is 19.9. The van der Waals surface area contributed by atoms with Gasteiger partial charge in [0.05, 0.1) is 12.5 Å². The number of carboxylic acid groups (broad SMARTS) is 1. The molecule has 0 radical (unpaired) electrons. The van der Waals surface area contributed by atoms with E-state index in [1.54, 1.807) is 0 Å². The summed E-state index contributed by atoms with van der Waals surface area (Å²) in [4.78, 5) is 28.4. The molecule has 148 valence electrons. The van der Waals surface area contributed by atoms with E-state index in [0.717, 1.165) is 30.4 Å². The number of benzene rings is 2. The molecule has 5 heteroatoms. The summed E-state index contributed by atoms with van der Waals surface area (Å²) in [7, 11) is 1.85. The summed E-state index contributed by atoms with van der Waals surface area (Å²) in [5, 5.41) is 9.04. The first-order valence-corrected chi connectivity index (χ1v) is 9.87. The first kappa shape index (κ1) is 20.1. The maximum Gasteiger partial charge on any atom is 0.317 e. The molecule has 5 nitrogen and oxygen atoms in total. The molecule has 1 saturated heterocycles. The largest absolute Gasteiger partial charge is 0.480 e. The monoisotopic (exact) mass is 380 g/mol. The number of carbonyl (C=O) groups is 2. The molecule has 1 heterocycles. The summed E-state index contributed by atoms with van der Waals surface area (Å²) in [6.07, 6.45) is 2.59. The Bertz CT molecular complexity index is 739. The van der Waals surface area contributed by atoms with Gasteiger partial charge in [0.2, 0.25) is 5.91 Å². The van der Waals surface area contributed by atoms with Gasteiger partial charge in [-0.05, 0) is 37.4 Å². The van der Waals surface area contributed by atoms with E-state index >= 15 is 0 Å². The quantitative estimate of drug-likeness (QED) is 0.836. The van der Waals surface area contributed by atoms with Crippen molar-refractivity contribution in [1.82, 2.24) is 9.80 Å². The number of rotatable bonds is 6. The zero-order valence-corrected chi connectivity index (χ0v) is 16.3. The predicted molar refractivity (Wildman–Crippen MR) is 109 cm³/mol. The number of hydrogen-bond donors (Lipinski definition) is 1. The second-order valence-corrected chi connectivity index (χ2v) is 7.47. The number of hydrogen-bond acceptors (Lipinski definition) is 3. The Morgan fingerprint density at radius 3 is 2.11 bits per heavy atom.